The first-order valence-electron chi connectivity index (χ1n) is 28.3. The maximum Gasteiger partial charge on any atom is 0.308 e. The standard InChI is InChI=1S/C56H99N5O8/c1-40(59-26-13-8-14-27-59)33-44-21-24-50(62)47(34-41(2)60-28-15-9-16-29-60)23-22-46(25-32-67-56-55(66)53(58(5)6)54(65)43(4)69-56)49(35-42(3)61-30-17-10-18-31-61)51(63)37-52(64)68-39-45(36-44)38-57-48-19-11-7-12-20-48/h21,24,36,40-43,45-49,51,53-57,63,65-66H,7-20,22-23,25-35,37-39H2,1-6H3/t40?,41?,42?,43-,45-,46+,47-,49+,51-,53+,54-,55-,56-/m1/s1. The topological polar surface area (TPSA) is 148 Å². The summed E-state index contributed by atoms with van der Waals surface area (Å²) in [5, 5.41) is 38.7. The van der Waals surface area contributed by atoms with E-state index in [9.17, 15) is 24.9 Å². The molecule has 6 rings (SSSR count). The Balaban J connectivity index is 1.32. The molecule has 13 nitrogen and oxygen atoms in total. The highest BCUT2D eigenvalue weighted by molar-refractivity contribution is 5.92. The number of likely N-dealkylation sites (N-methyl/N-ethyl adjacent to an activating group) is 1. The summed E-state index contributed by atoms with van der Waals surface area (Å²) in [5.41, 5.74) is 1.12. The van der Waals surface area contributed by atoms with E-state index in [4.69, 9.17) is 14.2 Å². The Bertz CT molecular complexity index is 1560. The molecule has 5 heterocycles. The first-order chi connectivity index (χ1) is 33.3. The molecular formula is C56H99N5O8. The number of ketones is 1. The van der Waals surface area contributed by atoms with E-state index >= 15 is 0 Å². The number of carbonyl (C=O) groups excluding carboxylic acids is 2. The molecular weight excluding hydrogens is 871 g/mol. The maximum atomic E-state index is 15.0. The van der Waals surface area contributed by atoms with Crippen molar-refractivity contribution in [3.63, 3.8) is 0 Å². The van der Waals surface area contributed by atoms with Crippen molar-refractivity contribution in [1.82, 2.24) is 24.9 Å². The number of ether oxygens (including phenoxy) is 3. The third-order valence-corrected chi connectivity index (χ3v) is 17.4. The largest absolute Gasteiger partial charge is 0.465 e. The second-order valence-electron chi connectivity index (χ2n) is 23.0. The Hall–Kier alpha value is -1.78. The smallest absolute Gasteiger partial charge is 0.308 e. The molecule has 4 saturated heterocycles. The highest BCUT2D eigenvalue weighted by Gasteiger charge is 2.45. The zero-order valence-electron chi connectivity index (χ0n) is 44.2. The van der Waals surface area contributed by atoms with Gasteiger partial charge in [-0.2, -0.15) is 0 Å². The van der Waals surface area contributed by atoms with Crippen LogP contribution in [0.15, 0.2) is 23.8 Å². The number of hydrogen-bond acceptors (Lipinski definition) is 13. The monoisotopic (exact) mass is 970 g/mol. The number of aliphatic hydroxyl groups is 3. The van der Waals surface area contributed by atoms with Crippen molar-refractivity contribution in [2.24, 2.45) is 23.7 Å². The lowest BCUT2D eigenvalue weighted by atomic mass is 9.75. The van der Waals surface area contributed by atoms with Crippen molar-refractivity contribution < 1.29 is 39.1 Å². The van der Waals surface area contributed by atoms with Gasteiger partial charge >= 0.3 is 5.97 Å². The van der Waals surface area contributed by atoms with E-state index in [-0.39, 0.29) is 67.1 Å². The van der Waals surface area contributed by atoms with Crippen molar-refractivity contribution in [2.45, 2.75) is 223 Å². The van der Waals surface area contributed by atoms with E-state index in [1.54, 1.807) is 6.92 Å². The molecule has 5 aliphatic heterocycles. The maximum absolute atomic E-state index is 15.0. The molecule has 0 spiro atoms. The van der Waals surface area contributed by atoms with E-state index in [1.807, 2.05) is 25.1 Å². The molecule has 5 fully saturated rings. The number of piperidine rings is 3. The number of nitrogens with zero attached hydrogens (tertiary/aromatic N) is 4. The van der Waals surface area contributed by atoms with Crippen molar-refractivity contribution in [3.8, 4) is 0 Å². The zero-order chi connectivity index (χ0) is 49.3. The highest BCUT2D eigenvalue weighted by Crippen LogP contribution is 2.36. The predicted octanol–water partition coefficient (Wildman–Crippen LogP) is 7.11. The second kappa shape index (κ2) is 29.2. The van der Waals surface area contributed by atoms with Gasteiger partial charge in [-0.15, -0.1) is 0 Å². The molecule has 6 aliphatic rings. The number of allylic oxidation sites excluding steroid dienone is 2. The van der Waals surface area contributed by atoms with Crippen LogP contribution in [0.25, 0.3) is 0 Å². The number of hydrogen-bond donors (Lipinski definition) is 4. The molecule has 0 aromatic heterocycles. The van der Waals surface area contributed by atoms with Gasteiger partial charge in [-0.25, -0.2) is 0 Å². The van der Waals surface area contributed by atoms with Gasteiger partial charge in [0.2, 0.25) is 0 Å². The van der Waals surface area contributed by atoms with Crippen LogP contribution in [-0.4, -0.2) is 181 Å². The average molecular weight is 970 g/mol. The van der Waals surface area contributed by atoms with Crippen LogP contribution in [-0.2, 0) is 23.8 Å². The predicted molar refractivity (Wildman–Crippen MR) is 275 cm³/mol. The molecule has 1 aliphatic carbocycles. The number of carbonyl (C=O) groups is 2. The molecule has 0 aromatic carbocycles. The zero-order valence-corrected chi connectivity index (χ0v) is 44.2. The van der Waals surface area contributed by atoms with Crippen molar-refractivity contribution in [3.05, 3.63) is 23.8 Å². The summed E-state index contributed by atoms with van der Waals surface area (Å²) in [6.07, 6.45) is 22.9. The minimum atomic E-state index is -1.06. The summed E-state index contributed by atoms with van der Waals surface area (Å²) < 4.78 is 18.7. The number of rotatable bonds is 17. The fourth-order valence-corrected chi connectivity index (χ4v) is 13.0. The SMILES string of the molecule is CC(CC1=C[C@H](CNC2CCCCC2)COC(=O)C[C@@H](O)[C@@H](CC(C)N2CCCCC2)[C@H](CCO[C@@H]2O[C@H](C)[C@@H](O)[C@H](N(C)C)[C@H]2O)CC[C@H](CC(C)N2CCCCC2)C(=O)C=C1)N1CCCCC1. The lowest BCUT2D eigenvalue weighted by Crippen LogP contribution is -2.62. The number of likely N-dealkylation sites (tertiary alicyclic amines) is 3. The summed E-state index contributed by atoms with van der Waals surface area (Å²) >= 11 is 0. The molecule has 0 radical (unpaired) electrons. The van der Waals surface area contributed by atoms with Gasteiger partial charge in [-0.05, 0) is 194 Å². The van der Waals surface area contributed by atoms with E-state index < -0.39 is 36.7 Å². The molecule has 396 valence electrons. The molecule has 69 heavy (non-hydrogen) atoms. The van der Waals surface area contributed by atoms with Gasteiger partial charge in [0.15, 0.2) is 12.1 Å². The molecule has 13 atom stereocenters. The van der Waals surface area contributed by atoms with E-state index in [0.717, 1.165) is 83.4 Å². The first-order valence-corrected chi connectivity index (χ1v) is 28.3. The lowest BCUT2D eigenvalue weighted by Gasteiger charge is -2.44. The van der Waals surface area contributed by atoms with Gasteiger partial charge in [0.25, 0.3) is 0 Å². The first kappa shape index (κ1) is 56.5. The average Bonchev–Trinajstić information content (AvgIpc) is 3.35. The number of aliphatic hydroxyl groups excluding tert-OH is 3. The van der Waals surface area contributed by atoms with Gasteiger partial charge in [0.1, 0.15) is 6.10 Å². The number of cyclic esters (lactones) is 1. The normalized spacial score (nSPS) is 34.6. The summed E-state index contributed by atoms with van der Waals surface area (Å²) in [5.74, 6) is -0.879. The Labute approximate surface area is 418 Å². The van der Waals surface area contributed by atoms with Crippen LogP contribution in [0.5, 0.6) is 0 Å². The second-order valence-corrected chi connectivity index (χ2v) is 23.0. The van der Waals surface area contributed by atoms with Crippen molar-refractivity contribution in [1.29, 1.82) is 0 Å². The fraction of sp³-hybridized carbons (Fsp3) is 0.893. The van der Waals surface area contributed by atoms with Crippen molar-refractivity contribution in [2.75, 3.05) is 73.1 Å². The van der Waals surface area contributed by atoms with Crippen molar-refractivity contribution >= 4 is 11.8 Å². The molecule has 0 aromatic rings. The van der Waals surface area contributed by atoms with Crippen LogP contribution in [0.2, 0.25) is 0 Å². The van der Waals surface area contributed by atoms with Gasteiger partial charge in [0.05, 0.1) is 44.0 Å². The van der Waals surface area contributed by atoms with Crippen LogP contribution < -0.4 is 5.32 Å². The third kappa shape index (κ3) is 17.7. The third-order valence-electron chi connectivity index (χ3n) is 17.4. The molecule has 13 heteroatoms. The van der Waals surface area contributed by atoms with Crippen LogP contribution in [0.4, 0.5) is 0 Å². The highest BCUT2D eigenvalue weighted by atomic mass is 16.7. The number of esters is 1. The fourth-order valence-electron chi connectivity index (χ4n) is 13.0. The Morgan fingerprint density at radius 3 is 1.93 bits per heavy atom. The molecule has 0 amide bonds. The summed E-state index contributed by atoms with van der Waals surface area (Å²) in [6.45, 7) is 16.2. The van der Waals surface area contributed by atoms with Gasteiger partial charge in [-0.3, -0.25) is 9.59 Å². The lowest BCUT2D eigenvalue weighted by molar-refractivity contribution is -0.281. The number of nitrogens with one attached hydrogen (secondary N) is 1. The van der Waals surface area contributed by atoms with E-state index in [2.05, 4.69) is 52.9 Å². The van der Waals surface area contributed by atoms with E-state index in [0.29, 0.717) is 44.3 Å². The van der Waals surface area contributed by atoms with Crippen LogP contribution in [0.3, 0.4) is 0 Å². The summed E-state index contributed by atoms with van der Waals surface area (Å²) in [6, 6.07) is 0.649. The Morgan fingerprint density at radius 1 is 0.739 bits per heavy atom. The summed E-state index contributed by atoms with van der Waals surface area (Å²) in [4.78, 5) is 38.6. The quantitative estimate of drug-likeness (QED) is 0.110. The minimum absolute atomic E-state index is 0.0905. The molecule has 1 saturated carbocycles. The van der Waals surface area contributed by atoms with Crippen LogP contribution in [0, 0.1) is 23.7 Å². The van der Waals surface area contributed by atoms with Gasteiger partial charge in [0, 0.05) is 42.5 Å². The summed E-state index contributed by atoms with van der Waals surface area (Å²) in [7, 11) is 3.68. The van der Waals surface area contributed by atoms with Crippen LogP contribution in [0.1, 0.15) is 163 Å². The molecule has 3 unspecified atom stereocenters. The van der Waals surface area contributed by atoms with Gasteiger partial charge < -0.3 is 54.4 Å². The molecule has 0 bridgehead atoms. The minimum Gasteiger partial charge on any atom is -0.465 e. The van der Waals surface area contributed by atoms with E-state index in [1.165, 1.54) is 64.2 Å². The molecule has 4 N–H and O–H groups in total. The van der Waals surface area contributed by atoms with Crippen LogP contribution >= 0.6 is 0 Å². The van der Waals surface area contributed by atoms with Gasteiger partial charge in [-0.1, -0.05) is 50.7 Å². The Kier molecular flexibility index (Phi) is 23.9. The Morgan fingerprint density at radius 2 is 1.32 bits per heavy atom.